The van der Waals surface area contributed by atoms with Crippen molar-refractivity contribution in [3.05, 3.63) is 0 Å². The molecule has 1 aliphatic carbocycles. The molecule has 0 aromatic rings. The molecule has 1 atom stereocenters. The zero-order valence-electron chi connectivity index (χ0n) is 9.49. The minimum atomic E-state index is -0.314. The summed E-state index contributed by atoms with van der Waals surface area (Å²) in [6.45, 7) is 5.35. The monoisotopic (exact) mass is 209 g/mol. The summed E-state index contributed by atoms with van der Waals surface area (Å²) >= 11 is 0. The van der Waals surface area contributed by atoms with Crippen LogP contribution in [0.2, 0.25) is 0 Å². The lowest BCUT2D eigenvalue weighted by molar-refractivity contribution is -0.131. The quantitative estimate of drug-likeness (QED) is 0.706. The van der Waals surface area contributed by atoms with Crippen molar-refractivity contribution in [3.8, 4) is 6.07 Å². The second-order valence-electron chi connectivity index (χ2n) is 3.89. The zero-order valence-corrected chi connectivity index (χ0v) is 9.49. The van der Waals surface area contributed by atoms with Crippen LogP contribution in [0.3, 0.4) is 0 Å². The van der Waals surface area contributed by atoms with Crippen molar-refractivity contribution >= 4 is 5.91 Å². The van der Waals surface area contributed by atoms with Gasteiger partial charge in [0.15, 0.2) is 0 Å². The summed E-state index contributed by atoms with van der Waals surface area (Å²) in [5.41, 5.74) is 0. The average Bonchev–Trinajstić information content (AvgIpc) is 3.02. The van der Waals surface area contributed by atoms with Crippen LogP contribution < -0.4 is 5.32 Å². The number of carbonyl (C=O) groups is 1. The Bertz CT molecular complexity index is 251. The summed E-state index contributed by atoms with van der Waals surface area (Å²) in [4.78, 5) is 13.5. The summed E-state index contributed by atoms with van der Waals surface area (Å²) in [6, 6.07) is 2.31. The van der Waals surface area contributed by atoms with E-state index in [1.165, 1.54) is 0 Å². The molecule has 1 amide bonds. The summed E-state index contributed by atoms with van der Waals surface area (Å²) in [6.07, 6.45) is 2.57. The molecule has 4 heteroatoms. The largest absolute Gasteiger partial charge is 0.343 e. The van der Waals surface area contributed by atoms with E-state index >= 15 is 0 Å². The highest BCUT2D eigenvalue weighted by Crippen LogP contribution is 2.19. The fraction of sp³-hybridized carbons (Fsp3) is 0.818. The molecule has 0 bridgehead atoms. The van der Waals surface area contributed by atoms with Gasteiger partial charge in [0.05, 0.1) is 12.5 Å². The van der Waals surface area contributed by atoms with E-state index in [9.17, 15) is 4.79 Å². The number of hydrogen-bond acceptors (Lipinski definition) is 3. The first kappa shape index (κ1) is 12.0. The zero-order chi connectivity index (χ0) is 11.3. The molecule has 0 aromatic heterocycles. The number of amides is 1. The van der Waals surface area contributed by atoms with Crippen LogP contribution in [0.25, 0.3) is 0 Å². The highest BCUT2D eigenvalue weighted by atomic mass is 16.2. The Balaban J connectivity index is 2.36. The fourth-order valence-electron chi connectivity index (χ4n) is 1.56. The number of carbonyl (C=O) groups excluding carboxylic acids is 1. The van der Waals surface area contributed by atoms with Gasteiger partial charge in [0.1, 0.15) is 6.04 Å². The van der Waals surface area contributed by atoms with E-state index in [4.69, 9.17) is 5.26 Å². The van der Waals surface area contributed by atoms with Crippen LogP contribution >= 0.6 is 0 Å². The molecule has 1 N–H and O–H groups in total. The molecule has 0 heterocycles. The first-order valence-electron chi connectivity index (χ1n) is 5.64. The maximum absolute atomic E-state index is 11.7. The van der Waals surface area contributed by atoms with E-state index in [1.807, 2.05) is 13.8 Å². The Morgan fingerprint density at radius 1 is 1.53 bits per heavy atom. The average molecular weight is 209 g/mol. The van der Waals surface area contributed by atoms with E-state index in [0.29, 0.717) is 12.5 Å². The molecule has 15 heavy (non-hydrogen) atoms. The number of rotatable bonds is 6. The number of nitriles is 1. The Morgan fingerprint density at radius 2 is 2.13 bits per heavy atom. The molecule has 1 saturated carbocycles. The molecule has 0 aromatic carbocycles. The van der Waals surface area contributed by atoms with E-state index < -0.39 is 0 Å². The Labute approximate surface area is 91.2 Å². The maximum atomic E-state index is 11.7. The van der Waals surface area contributed by atoms with Gasteiger partial charge in [-0.05, 0) is 26.7 Å². The second kappa shape index (κ2) is 5.72. The number of hydrogen-bond donors (Lipinski definition) is 1. The summed E-state index contributed by atoms with van der Waals surface area (Å²) < 4.78 is 0. The van der Waals surface area contributed by atoms with Crippen molar-refractivity contribution in [3.63, 3.8) is 0 Å². The van der Waals surface area contributed by atoms with Crippen molar-refractivity contribution < 1.29 is 4.79 Å². The van der Waals surface area contributed by atoms with Gasteiger partial charge in [-0.2, -0.15) is 5.26 Å². The van der Waals surface area contributed by atoms with Gasteiger partial charge >= 0.3 is 0 Å². The number of nitrogens with one attached hydrogen (secondary N) is 1. The van der Waals surface area contributed by atoms with Gasteiger partial charge < -0.3 is 4.90 Å². The molecular formula is C11H19N3O. The van der Waals surface area contributed by atoms with Gasteiger partial charge in [0.25, 0.3) is 0 Å². The number of nitrogens with zero attached hydrogens (tertiary/aromatic N) is 2. The van der Waals surface area contributed by atoms with Crippen molar-refractivity contribution in [2.24, 2.45) is 0 Å². The van der Waals surface area contributed by atoms with Crippen molar-refractivity contribution in [1.82, 2.24) is 10.2 Å². The Morgan fingerprint density at radius 3 is 2.53 bits per heavy atom. The standard InChI is InChI=1S/C11H19N3O/c1-3-14(4-2)11(15)7-10(8-12)13-9-5-6-9/h9-10,13H,3-7H2,1-2H3. The Hall–Kier alpha value is -1.08. The van der Waals surface area contributed by atoms with E-state index in [1.54, 1.807) is 4.90 Å². The fourth-order valence-corrected chi connectivity index (χ4v) is 1.56. The molecular weight excluding hydrogens is 190 g/mol. The van der Waals surface area contributed by atoms with E-state index in [2.05, 4.69) is 11.4 Å². The van der Waals surface area contributed by atoms with Crippen LogP contribution in [0.4, 0.5) is 0 Å². The lowest BCUT2D eigenvalue weighted by Crippen LogP contribution is -2.38. The minimum Gasteiger partial charge on any atom is -0.343 e. The predicted molar refractivity (Wildman–Crippen MR) is 58.1 cm³/mol. The van der Waals surface area contributed by atoms with E-state index in [-0.39, 0.29) is 11.9 Å². The van der Waals surface area contributed by atoms with Crippen LogP contribution in [0, 0.1) is 11.3 Å². The highest BCUT2D eigenvalue weighted by Gasteiger charge is 2.26. The molecule has 1 aliphatic rings. The van der Waals surface area contributed by atoms with Crippen LogP contribution in [-0.2, 0) is 4.79 Å². The third kappa shape index (κ3) is 3.88. The van der Waals surface area contributed by atoms with Crippen LogP contribution in [0.5, 0.6) is 0 Å². The van der Waals surface area contributed by atoms with Crippen LogP contribution in [-0.4, -0.2) is 36.0 Å². The van der Waals surface area contributed by atoms with Gasteiger partial charge in [-0.3, -0.25) is 10.1 Å². The van der Waals surface area contributed by atoms with Gasteiger partial charge in [-0.25, -0.2) is 0 Å². The van der Waals surface area contributed by atoms with Gasteiger partial charge in [0, 0.05) is 19.1 Å². The molecule has 0 aliphatic heterocycles. The third-order valence-electron chi connectivity index (χ3n) is 2.66. The molecule has 1 rings (SSSR count). The topological polar surface area (TPSA) is 56.1 Å². The third-order valence-corrected chi connectivity index (χ3v) is 2.66. The summed E-state index contributed by atoms with van der Waals surface area (Å²) in [5.74, 6) is 0.0692. The molecule has 4 nitrogen and oxygen atoms in total. The van der Waals surface area contributed by atoms with E-state index in [0.717, 1.165) is 25.9 Å². The molecule has 0 saturated heterocycles. The maximum Gasteiger partial charge on any atom is 0.225 e. The molecule has 0 radical (unpaired) electrons. The SMILES string of the molecule is CCN(CC)C(=O)CC(C#N)NC1CC1. The van der Waals surface area contributed by atoms with Crippen molar-refractivity contribution in [2.45, 2.75) is 45.2 Å². The smallest absolute Gasteiger partial charge is 0.225 e. The normalized spacial score (nSPS) is 16.9. The first-order valence-corrected chi connectivity index (χ1v) is 5.64. The summed E-state index contributed by atoms with van der Waals surface area (Å²) in [5, 5.41) is 12.1. The van der Waals surface area contributed by atoms with Crippen molar-refractivity contribution in [2.75, 3.05) is 13.1 Å². The van der Waals surface area contributed by atoms with Crippen LogP contribution in [0.15, 0.2) is 0 Å². The molecule has 1 unspecified atom stereocenters. The molecule has 1 fully saturated rings. The molecule has 0 spiro atoms. The first-order chi connectivity index (χ1) is 7.21. The van der Waals surface area contributed by atoms with Crippen molar-refractivity contribution in [1.29, 1.82) is 5.26 Å². The predicted octanol–water partition coefficient (Wildman–Crippen LogP) is 0.889. The second-order valence-corrected chi connectivity index (χ2v) is 3.89. The lowest BCUT2D eigenvalue weighted by atomic mass is 10.2. The Kier molecular flexibility index (Phi) is 4.57. The van der Waals surface area contributed by atoms with Gasteiger partial charge in [0.2, 0.25) is 5.91 Å². The van der Waals surface area contributed by atoms with Crippen LogP contribution in [0.1, 0.15) is 33.1 Å². The summed E-state index contributed by atoms with van der Waals surface area (Å²) in [7, 11) is 0. The minimum absolute atomic E-state index is 0.0692. The van der Waals surface area contributed by atoms with Gasteiger partial charge in [-0.1, -0.05) is 0 Å². The highest BCUT2D eigenvalue weighted by molar-refractivity contribution is 5.77. The van der Waals surface area contributed by atoms with Gasteiger partial charge in [-0.15, -0.1) is 0 Å². The molecule has 84 valence electrons. The lowest BCUT2D eigenvalue weighted by Gasteiger charge is -2.20.